The highest BCUT2D eigenvalue weighted by Gasteiger charge is 2.15. The van der Waals surface area contributed by atoms with Crippen molar-refractivity contribution >= 4 is 7.82 Å². The summed E-state index contributed by atoms with van der Waals surface area (Å²) in [6, 6.07) is 6.78. The Bertz CT molecular complexity index is 354. The van der Waals surface area contributed by atoms with Crippen LogP contribution < -0.4 is 4.52 Å². The molecule has 1 aromatic rings. The zero-order chi connectivity index (χ0) is 11.5. The zero-order valence-electron chi connectivity index (χ0n) is 8.75. The van der Waals surface area contributed by atoms with E-state index in [1.807, 2.05) is 12.1 Å². The van der Waals surface area contributed by atoms with E-state index in [-0.39, 0.29) is 5.75 Å². The summed E-state index contributed by atoms with van der Waals surface area (Å²) in [6.45, 7) is 4.18. The first kappa shape index (κ1) is 12.2. The van der Waals surface area contributed by atoms with Crippen molar-refractivity contribution in [1.82, 2.24) is 0 Å². The van der Waals surface area contributed by atoms with Crippen molar-refractivity contribution in [3.8, 4) is 5.75 Å². The Labute approximate surface area is 89.1 Å². The second-order valence-corrected chi connectivity index (χ2v) is 4.62. The number of benzene rings is 1. The molecule has 0 aliphatic carbocycles. The van der Waals surface area contributed by atoms with Crippen LogP contribution in [0.4, 0.5) is 0 Å². The average Bonchev–Trinajstić information content (AvgIpc) is 2.15. The molecule has 2 N–H and O–H groups in total. The first-order valence-corrected chi connectivity index (χ1v) is 6.30. The molecule has 0 aliphatic rings. The molecule has 1 atom stereocenters. The molecule has 0 aliphatic heterocycles. The molecule has 5 heteroatoms. The van der Waals surface area contributed by atoms with E-state index in [1.54, 1.807) is 12.1 Å². The normalized spacial score (nSPS) is 13.6. The van der Waals surface area contributed by atoms with E-state index < -0.39 is 7.82 Å². The van der Waals surface area contributed by atoms with Crippen molar-refractivity contribution in [3.63, 3.8) is 0 Å². The number of rotatable bonds is 4. The lowest BCUT2D eigenvalue weighted by Crippen LogP contribution is -1.93. The van der Waals surface area contributed by atoms with Gasteiger partial charge in [-0.3, -0.25) is 9.79 Å². The van der Waals surface area contributed by atoms with E-state index in [9.17, 15) is 4.57 Å². The number of hydrogen-bond donors (Lipinski definition) is 2. The fourth-order valence-corrected chi connectivity index (χ4v) is 1.63. The standard InChI is InChI=1S/C10H15O4P/c1-3-8(2)9-4-6-10(7-5-9)14-15(11,12)13/h4-8H,3H2,1-2H3,(H2,11,12,13). The summed E-state index contributed by atoms with van der Waals surface area (Å²) in [7, 11) is -4.43. The molecule has 0 heterocycles. The minimum Gasteiger partial charge on any atom is -0.404 e. The van der Waals surface area contributed by atoms with E-state index in [0.29, 0.717) is 5.92 Å². The highest BCUT2D eigenvalue weighted by atomic mass is 31.2. The van der Waals surface area contributed by atoms with Crippen LogP contribution in [0.2, 0.25) is 0 Å². The van der Waals surface area contributed by atoms with Crippen molar-refractivity contribution in [2.45, 2.75) is 26.2 Å². The van der Waals surface area contributed by atoms with Crippen LogP contribution in [0.5, 0.6) is 5.75 Å². The second kappa shape index (κ2) is 4.79. The summed E-state index contributed by atoms with van der Waals surface area (Å²) in [4.78, 5) is 17.2. The summed E-state index contributed by atoms with van der Waals surface area (Å²) >= 11 is 0. The maximum Gasteiger partial charge on any atom is 0.524 e. The van der Waals surface area contributed by atoms with Crippen molar-refractivity contribution in [2.24, 2.45) is 0 Å². The van der Waals surface area contributed by atoms with Gasteiger partial charge in [0.2, 0.25) is 0 Å². The van der Waals surface area contributed by atoms with Gasteiger partial charge in [-0.25, -0.2) is 4.57 Å². The number of phosphoric acid groups is 1. The fourth-order valence-electron chi connectivity index (χ4n) is 1.23. The molecule has 0 saturated heterocycles. The van der Waals surface area contributed by atoms with Crippen LogP contribution in [0.15, 0.2) is 24.3 Å². The number of hydrogen-bond acceptors (Lipinski definition) is 2. The fraction of sp³-hybridized carbons (Fsp3) is 0.400. The van der Waals surface area contributed by atoms with E-state index in [4.69, 9.17) is 9.79 Å². The van der Waals surface area contributed by atoms with Gasteiger partial charge in [-0.1, -0.05) is 26.0 Å². The van der Waals surface area contributed by atoms with Crippen LogP contribution in [0.25, 0.3) is 0 Å². The Morgan fingerprint density at radius 3 is 2.27 bits per heavy atom. The van der Waals surface area contributed by atoms with Gasteiger partial charge >= 0.3 is 7.82 Å². The van der Waals surface area contributed by atoms with Gasteiger partial charge in [0.05, 0.1) is 0 Å². The maximum atomic E-state index is 10.5. The smallest absolute Gasteiger partial charge is 0.404 e. The lowest BCUT2D eigenvalue weighted by molar-refractivity contribution is 0.283. The Morgan fingerprint density at radius 2 is 1.87 bits per heavy atom. The molecule has 0 aromatic heterocycles. The first-order chi connectivity index (χ1) is 6.92. The minimum absolute atomic E-state index is 0.190. The van der Waals surface area contributed by atoms with Gasteiger partial charge in [0.15, 0.2) is 0 Å². The van der Waals surface area contributed by atoms with Crippen LogP contribution in [-0.4, -0.2) is 9.79 Å². The van der Waals surface area contributed by atoms with E-state index in [1.165, 1.54) is 0 Å². The summed E-state index contributed by atoms with van der Waals surface area (Å²) in [5.74, 6) is 0.629. The van der Waals surface area contributed by atoms with Gasteiger partial charge in [-0.15, -0.1) is 0 Å². The van der Waals surface area contributed by atoms with Gasteiger partial charge in [-0.2, -0.15) is 0 Å². The van der Waals surface area contributed by atoms with Crippen molar-refractivity contribution in [2.75, 3.05) is 0 Å². The third kappa shape index (κ3) is 4.04. The molecular formula is C10H15O4P. The molecule has 0 saturated carbocycles. The molecule has 0 amide bonds. The van der Waals surface area contributed by atoms with Crippen LogP contribution >= 0.6 is 7.82 Å². The molecule has 84 valence electrons. The molecule has 4 nitrogen and oxygen atoms in total. The molecule has 0 radical (unpaired) electrons. The topological polar surface area (TPSA) is 66.8 Å². The van der Waals surface area contributed by atoms with Crippen LogP contribution in [0.1, 0.15) is 31.7 Å². The molecular weight excluding hydrogens is 215 g/mol. The van der Waals surface area contributed by atoms with E-state index in [0.717, 1.165) is 12.0 Å². The average molecular weight is 230 g/mol. The largest absolute Gasteiger partial charge is 0.524 e. The van der Waals surface area contributed by atoms with Gasteiger partial charge in [0.25, 0.3) is 0 Å². The Morgan fingerprint density at radius 1 is 1.33 bits per heavy atom. The molecule has 1 rings (SSSR count). The third-order valence-corrected chi connectivity index (χ3v) is 2.73. The predicted molar refractivity (Wildman–Crippen MR) is 57.8 cm³/mol. The van der Waals surface area contributed by atoms with Crippen LogP contribution in [0.3, 0.4) is 0 Å². The van der Waals surface area contributed by atoms with Crippen molar-refractivity contribution in [3.05, 3.63) is 29.8 Å². The Kier molecular flexibility index (Phi) is 3.91. The van der Waals surface area contributed by atoms with Gasteiger partial charge < -0.3 is 4.52 Å². The molecule has 1 unspecified atom stereocenters. The highest BCUT2D eigenvalue weighted by Crippen LogP contribution is 2.37. The summed E-state index contributed by atoms with van der Waals surface area (Å²) in [6.07, 6.45) is 1.03. The van der Waals surface area contributed by atoms with Gasteiger partial charge in [0.1, 0.15) is 5.75 Å². The second-order valence-electron chi connectivity index (χ2n) is 3.46. The highest BCUT2D eigenvalue weighted by molar-refractivity contribution is 7.46. The van der Waals surface area contributed by atoms with Crippen molar-refractivity contribution < 1.29 is 18.9 Å². The lowest BCUT2D eigenvalue weighted by atomic mass is 9.99. The maximum absolute atomic E-state index is 10.5. The van der Waals surface area contributed by atoms with Crippen molar-refractivity contribution in [1.29, 1.82) is 0 Å². The quantitative estimate of drug-likeness (QED) is 0.780. The summed E-state index contributed by atoms with van der Waals surface area (Å²) in [5, 5.41) is 0. The minimum atomic E-state index is -4.43. The monoisotopic (exact) mass is 230 g/mol. The first-order valence-electron chi connectivity index (χ1n) is 4.77. The summed E-state index contributed by atoms with van der Waals surface area (Å²) < 4.78 is 15.0. The van der Waals surface area contributed by atoms with E-state index in [2.05, 4.69) is 18.4 Å². The third-order valence-electron chi connectivity index (χ3n) is 2.29. The van der Waals surface area contributed by atoms with E-state index >= 15 is 0 Å². The molecule has 15 heavy (non-hydrogen) atoms. The SMILES string of the molecule is CCC(C)c1ccc(OP(=O)(O)O)cc1. The van der Waals surface area contributed by atoms with Gasteiger partial charge in [0, 0.05) is 0 Å². The van der Waals surface area contributed by atoms with Gasteiger partial charge in [-0.05, 0) is 30.0 Å². The molecule has 0 fully saturated rings. The molecule has 0 bridgehead atoms. The summed E-state index contributed by atoms with van der Waals surface area (Å²) in [5.41, 5.74) is 1.13. The Balaban J connectivity index is 2.77. The Hall–Kier alpha value is -0.830. The zero-order valence-corrected chi connectivity index (χ0v) is 9.65. The van der Waals surface area contributed by atoms with Crippen LogP contribution in [-0.2, 0) is 4.57 Å². The molecule has 1 aromatic carbocycles. The molecule has 0 spiro atoms. The van der Waals surface area contributed by atoms with Crippen LogP contribution in [0, 0.1) is 0 Å². The number of phosphoric ester groups is 1. The lowest BCUT2D eigenvalue weighted by Gasteiger charge is -2.10. The predicted octanol–water partition coefficient (Wildman–Crippen LogP) is 2.67.